The van der Waals surface area contributed by atoms with Crippen LogP contribution in [0.4, 0.5) is 11.5 Å². The quantitative estimate of drug-likeness (QED) is 0.232. The van der Waals surface area contributed by atoms with Crippen LogP contribution in [0, 0.1) is 5.92 Å². The van der Waals surface area contributed by atoms with E-state index < -0.39 is 8.07 Å². The molecule has 1 N–H and O–H groups in total. The highest BCUT2D eigenvalue weighted by Crippen LogP contribution is 2.31. The van der Waals surface area contributed by atoms with Gasteiger partial charge in [-0.15, -0.1) is 5.10 Å². The van der Waals surface area contributed by atoms with Gasteiger partial charge in [0.1, 0.15) is 12.5 Å². The van der Waals surface area contributed by atoms with Crippen molar-refractivity contribution in [2.45, 2.75) is 58.2 Å². The van der Waals surface area contributed by atoms with Crippen LogP contribution in [0.3, 0.4) is 0 Å². The predicted molar refractivity (Wildman–Crippen MR) is 168 cm³/mol. The minimum absolute atomic E-state index is 0.0378. The molecule has 1 saturated heterocycles. The normalized spacial score (nSPS) is 18.2. The number of carbonyl (C=O) groups is 1. The third-order valence-corrected chi connectivity index (χ3v) is 9.98. The second-order valence-electron chi connectivity index (χ2n) is 12.9. The van der Waals surface area contributed by atoms with E-state index in [2.05, 4.69) is 59.8 Å². The van der Waals surface area contributed by atoms with Crippen LogP contribution in [0.2, 0.25) is 25.7 Å². The molecule has 2 aliphatic rings. The third kappa shape index (κ3) is 6.11. The number of pyridine rings is 3. The fourth-order valence-corrected chi connectivity index (χ4v) is 5.96. The van der Waals surface area contributed by atoms with E-state index >= 15 is 0 Å². The number of hydrogen-bond acceptors (Lipinski definition) is 8. The van der Waals surface area contributed by atoms with Gasteiger partial charge in [-0.05, 0) is 51.1 Å². The molecule has 4 aromatic heterocycles. The van der Waals surface area contributed by atoms with Crippen LogP contribution in [0.25, 0.3) is 27.8 Å². The fourth-order valence-electron chi connectivity index (χ4n) is 5.20. The Morgan fingerprint density at radius 3 is 2.69 bits per heavy atom. The van der Waals surface area contributed by atoms with Gasteiger partial charge >= 0.3 is 0 Å². The van der Waals surface area contributed by atoms with Crippen molar-refractivity contribution in [3.05, 3.63) is 47.1 Å². The van der Waals surface area contributed by atoms with Gasteiger partial charge in [-0.3, -0.25) is 14.2 Å². The molecule has 222 valence electrons. The van der Waals surface area contributed by atoms with Crippen molar-refractivity contribution >= 4 is 41.9 Å². The number of hydrogen-bond donors (Lipinski definition) is 1. The Bertz CT molecular complexity index is 1690. The summed E-state index contributed by atoms with van der Waals surface area (Å²) in [6, 6.07) is 7.30. The minimum atomic E-state index is -1.27. The Morgan fingerprint density at radius 2 is 1.95 bits per heavy atom. The number of amides is 1. The van der Waals surface area contributed by atoms with Gasteiger partial charge < -0.3 is 19.9 Å². The highest BCUT2D eigenvalue weighted by molar-refractivity contribution is 6.76. The molecule has 0 radical (unpaired) electrons. The van der Waals surface area contributed by atoms with Gasteiger partial charge in [-0.25, -0.2) is 14.5 Å². The van der Waals surface area contributed by atoms with Crippen LogP contribution >= 0.6 is 0 Å². The Hall–Kier alpha value is -3.61. The molecule has 1 aliphatic carbocycles. The highest BCUT2D eigenvalue weighted by atomic mass is 28.3. The lowest BCUT2D eigenvalue weighted by atomic mass is 10.1. The second kappa shape index (κ2) is 11.2. The lowest BCUT2D eigenvalue weighted by molar-refractivity contribution is -0.117. The standard InChI is InChI=1S/C30H40N8O3Si/c1-20-16-36(11-10-35(20)2)22-8-9-27-33-28(34-38(27)17-22)25-18-37(19-41-12-13-42(3,4)5)30(40)24-15-31-26(14-23(24)25)32-29(39)21-6-7-21/h8-9,14-15,17-18,20-21H,6-7,10-13,16,19H2,1-5H3,(H,31,32,39)/t20-/m0/s1. The first kappa shape index (κ1) is 28.5. The molecule has 12 heteroatoms. The number of fused-ring (bicyclic) bond motifs is 2. The zero-order valence-corrected chi connectivity index (χ0v) is 26.1. The van der Waals surface area contributed by atoms with Gasteiger partial charge in [-0.2, -0.15) is 0 Å². The Labute approximate surface area is 246 Å². The number of carbonyl (C=O) groups excluding carboxylic acids is 1. The van der Waals surface area contributed by atoms with Gasteiger partial charge in [0.25, 0.3) is 5.56 Å². The number of ether oxygens (including phenoxy) is 1. The van der Waals surface area contributed by atoms with E-state index in [-0.39, 0.29) is 24.1 Å². The molecule has 0 bridgehead atoms. The Kier molecular flexibility index (Phi) is 7.62. The van der Waals surface area contributed by atoms with Gasteiger partial charge in [0, 0.05) is 69.6 Å². The Balaban J connectivity index is 1.37. The minimum Gasteiger partial charge on any atom is -0.367 e. The van der Waals surface area contributed by atoms with E-state index in [1.165, 1.54) is 6.20 Å². The number of piperazine rings is 1. The van der Waals surface area contributed by atoms with Crippen LogP contribution in [-0.2, 0) is 16.3 Å². The first-order valence-electron chi connectivity index (χ1n) is 14.8. The molecule has 0 unspecified atom stereocenters. The molecule has 4 aromatic rings. The van der Waals surface area contributed by atoms with Crippen LogP contribution in [0.1, 0.15) is 19.8 Å². The summed E-state index contributed by atoms with van der Waals surface area (Å²) in [5.41, 5.74) is 2.29. The van der Waals surface area contributed by atoms with Crippen molar-refractivity contribution in [2.75, 3.05) is 43.5 Å². The van der Waals surface area contributed by atoms with Crippen LogP contribution < -0.4 is 15.8 Å². The van der Waals surface area contributed by atoms with Crippen molar-refractivity contribution in [1.29, 1.82) is 0 Å². The van der Waals surface area contributed by atoms with Crippen molar-refractivity contribution in [3.63, 3.8) is 0 Å². The van der Waals surface area contributed by atoms with Gasteiger partial charge in [0.05, 0.1) is 17.3 Å². The zero-order chi connectivity index (χ0) is 29.6. The van der Waals surface area contributed by atoms with Crippen molar-refractivity contribution in [3.8, 4) is 11.4 Å². The molecule has 1 atom stereocenters. The summed E-state index contributed by atoms with van der Waals surface area (Å²) >= 11 is 0. The van der Waals surface area contributed by atoms with Gasteiger partial charge in [0.2, 0.25) is 5.91 Å². The molecule has 0 spiro atoms. The molecule has 11 nitrogen and oxygen atoms in total. The first-order valence-corrected chi connectivity index (χ1v) is 18.5. The van der Waals surface area contributed by atoms with Gasteiger partial charge in [0.15, 0.2) is 11.5 Å². The van der Waals surface area contributed by atoms with Gasteiger partial charge in [-0.1, -0.05) is 19.6 Å². The van der Waals surface area contributed by atoms with E-state index in [9.17, 15) is 9.59 Å². The lowest BCUT2D eigenvalue weighted by Crippen LogP contribution is -2.50. The van der Waals surface area contributed by atoms with E-state index in [1.807, 2.05) is 12.3 Å². The summed E-state index contributed by atoms with van der Waals surface area (Å²) in [5.74, 6) is 0.912. The molecule has 5 heterocycles. The van der Waals surface area contributed by atoms with Crippen molar-refractivity contribution in [2.24, 2.45) is 5.92 Å². The number of likely N-dealkylation sites (N-methyl/N-ethyl adjacent to an activating group) is 1. The number of nitrogens with one attached hydrogen (secondary N) is 1. The molecule has 6 rings (SSSR count). The second-order valence-corrected chi connectivity index (χ2v) is 18.6. The van der Waals surface area contributed by atoms with E-state index in [1.54, 1.807) is 21.3 Å². The monoisotopic (exact) mass is 588 g/mol. The topological polar surface area (TPSA) is 110 Å². The Morgan fingerprint density at radius 1 is 1.14 bits per heavy atom. The van der Waals surface area contributed by atoms with Crippen LogP contribution in [-0.4, -0.2) is 82.4 Å². The lowest BCUT2D eigenvalue weighted by Gasteiger charge is -2.38. The highest BCUT2D eigenvalue weighted by Gasteiger charge is 2.30. The first-order chi connectivity index (χ1) is 20.1. The third-order valence-electron chi connectivity index (χ3n) is 8.28. The van der Waals surface area contributed by atoms with Crippen LogP contribution in [0.15, 0.2) is 41.6 Å². The number of rotatable bonds is 9. The summed E-state index contributed by atoms with van der Waals surface area (Å²) in [5, 5.41) is 8.84. The summed E-state index contributed by atoms with van der Waals surface area (Å²) in [6.45, 7) is 12.8. The maximum atomic E-state index is 13.5. The van der Waals surface area contributed by atoms with Crippen molar-refractivity contribution in [1.82, 2.24) is 29.0 Å². The average molecular weight is 589 g/mol. The SMILES string of the molecule is C[C@H]1CN(c2ccc3nc(-c4cn(COCC[Si](C)(C)C)c(=O)c5cnc(NC(=O)C6CC6)cc45)nn3c2)CCN1C. The molecule has 0 aromatic carbocycles. The van der Waals surface area contributed by atoms with Crippen LogP contribution in [0.5, 0.6) is 0 Å². The molecule has 1 aliphatic heterocycles. The largest absolute Gasteiger partial charge is 0.367 e. The van der Waals surface area contributed by atoms with E-state index in [0.717, 1.165) is 44.2 Å². The summed E-state index contributed by atoms with van der Waals surface area (Å²) in [6.07, 6.45) is 7.11. The smallest absolute Gasteiger partial charge is 0.261 e. The maximum absolute atomic E-state index is 13.5. The fraction of sp³-hybridized carbons (Fsp3) is 0.500. The predicted octanol–water partition coefficient (Wildman–Crippen LogP) is 3.91. The molecule has 42 heavy (non-hydrogen) atoms. The molecular formula is C30H40N8O3Si. The average Bonchev–Trinajstić information content (AvgIpc) is 3.72. The zero-order valence-electron chi connectivity index (χ0n) is 25.1. The maximum Gasteiger partial charge on any atom is 0.261 e. The molecule has 1 amide bonds. The number of nitrogens with zero attached hydrogens (tertiary/aromatic N) is 7. The van der Waals surface area contributed by atoms with Crippen molar-refractivity contribution < 1.29 is 9.53 Å². The number of aromatic nitrogens is 5. The molecule has 1 saturated carbocycles. The summed E-state index contributed by atoms with van der Waals surface area (Å²) in [4.78, 5) is 40.0. The molecule has 2 fully saturated rings. The number of anilines is 2. The van der Waals surface area contributed by atoms with E-state index in [0.29, 0.717) is 46.3 Å². The van der Waals surface area contributed by atoms with E-state index in [4.69, 9.17) is 14.8 Å². The molecular weight excluding hydrogens is 548 g/mol. The summed E-state index contributed by atoms with van der Waals surface area (Å²) in [7, 11) is 0.892. The summed E-state index contributed by atoms with van der Waals surface area (Å²) < 4.78 is 9.32.